The molecule has 26 heavy (non-hydrogen) atoms. The third-order valence-corrected chi connectivity index (χ3v) is 4.94. The summed E-state index contributed by atoms with van der Waals surface area (Å²) < 4.78 is 18.4. The van der Waals surface area contributed by atoms with Crippen molar-refractivity contribution in [2.45, 2.75) is 43.2 Å². The Morgan fingerprint density at radius 2 is 1.85 bits per heavy atom. The van der Waals surface area contributed by atoms with E-state index >= 15 is 0 Å². The Labute approximate surface area is 154 Å². The first-order valence-electron chi connectivity index (χ1n) is 8.43. The van der Waals surface area contributed by atoms with Gasteiger partial charge in [0.15, 0.2) is 0 Å². The van der Waals surface area contributed by atoms with E-state index in [1.807, 2.05) is 0 Å². The van der Waals surface area contributed by atoms with Crippen molar-refractivity contribution in [3.05, 3.63) is 41.5 Å². The normalized spacial score (nSPS) is 14.8. The maximum Gasteiger partial charge on any atom is 0.277 e. The zero-order chi connectivity index (χ0) is 18.4. The van der Waals surface area contributed by atoms with Crippen LogP contribution in [0.2, 0.25) is 0 Å². The molecule has 0 unspecified atom stereocenters. The topological polar surface area (TPSA) is 97.1 Å². The fourth-order valence-corrected chi connectivity index (χ4v) is 3.33. The van der Waals surface area contributed by atoms with Gasteiger partial charge in [-0.2, -0.15) is 0 Å². The Morgan fingerprint density at radius 1 is 1.12 bits per heavy atom. The molecule has 0 bridgehead atoms. The molecule has 1 aliphatic carbocycles. The van der Waals surface area contributed by atoms with Gasteiger partial charge in [-0.1, -0.05) is 31.0 Å². The van der Waals surface area contributed by atoms with Crippen LogP contribution in [-0.4, -0.2) is 27.8 Å². The van der Waals surface area contributed by atoms with Crippen molar-refractivity contribution in [2.75, 3.05) is 5.75 Å². The molecule has 1 heterocycles. The van der Waals surface area contributed by atoms with Gasteiger partial charge in [-0.3, -0.25) is 20.4 Å². The minimum atomic E-state index is -0.527. The van der Waals surface area contributed by atoms with Gasteiger partial charge in [0.25, 0.3) is 11.1 Å². The third-order valence-electron chi connectivity index (χ3n) is 4.13. The van der Waals surface area contributed by atoms with Crippen LogP contribution in [0.1, 0.15) is 54.3 Å². The molecular weight excluding hydrogens is 359 g/mol. The molecule has 2 aromatic rings. The summed E-state index contributed by atoms with van der Waals surface area (Å²) >= 11 is 1.11. The van der Waals surface area contributed by atoms with Crippen molar-refractivity contribution >= 4 is 23.6 Å². The van der Waals surface area contributed by atoms with E-state index in [4.69, 9.17) is 4.42 Å². The summed E-state index contributed by atoms with van der Waals surface area (Å²) in [4.78, 5) is 23.6. The van der Waals surface area contributed by atoms with E-state index in [0.29, 0.717) is 17.0 Å². The van der Waals surface area contributed by atoms with Crippen LogP contribution in [-0.2, 0) is 4.79 Å². The number of hydrazine groups is 1. The van der Waals surface area contributed by atoms with Gasteiger partial charge in [-0.15, -0.1) is 10.2 Å². The van der Waals surface area contributed by atoms with E-state index in [9.17, 15) is 14.0 Å². The lowest BCUT2D eigenvalue weighted by Crippen LogP contribution is -2.42. The fraction of sp³-hybridized carbons (Fsp3) is 0.412. The number of thioether (sulfide) groups is 1. The van der Waals surface area contributed by atoms with Gasteiger partial charge in [0.2, 0.25) is 11.8 Å². The molecule has 0 radical (unpaired) electrons. The van der Waals surface area contributed by atoms with Crippen molar-refractivity contribution in [1.82, 2.24) is 21.0 Å². The second-order valence-corrected chi connectivity index (χ2v) is 6.97. The monoisotopic (exact) mass is 378 g/mol. The maximum absolute atomic E-state index is 12.8. The average molecular weight is 378 g/mol. The quantitative estimate of drug-likeness (QED) is 0.613. The molecule has 1 aromatic heterocycles. The van der Waals surface area contributed by atoms with Gasteiger partial charge in [-0.25, -0.2) is 4.39 Å². The number of amides is 2. The Kier molecular flexibility index (Phi) is 6.21. The largest absolute Gasteiger partial charge is 0.416 e. The Morgan fingerprint density at radius 3 is 2.58 bits per heavy atom. The van der Waals surface area contributed by atoms with Gasteiger partial charge in [0.05, 0.1) is 5.75 Å². The van der Waals surface area contributed by atoms with Crippen LogP contribution in [0.15, 0.2) is 33.9 Å². The number of carbonyl (C=O) groups excluding carboxylic acids is 2. The average Bonchev–Trinajstić information content (AvgIpc) is 3.15. The Balaban J connectivity index is 1.42. The first-order valence-corrected chi connectivity index (χ1v) is 9.41. The summed E-state index contributed by atoms with van der Waals surface area (Å²) in [6.45, 7) is 0. The lowest BCUT2D eigenvalue weighted by molar-refractivity contribution is -0.119. The van der Waals surface area contributed by atoms with Crippen LogP contribution in [0.4, 0.5) is 4.39 Å². The molecule has 1 fully saturated rings. The van der Waals surface area contributed by atoms with E-state index < -0.39 is 17.6 Å². The summed E-state index contributed by atoms with van der Waals surface area (Å²) in [7, 11) is 0. The molecule has 138 valence electrons. The van der Waals surface area contributed by atoms with Crippen LogP contribution >= 0.6 is 11.8 Å². The first kappa shape index (κ1) is 18.4. The van der Waals surface area contributed by atoms with Crippen molar-refractivity contribution in [2.24, 2.45) is 0 Å². The predicted octanol–water partition coefficient (Wildman–Crippen LogP) is 2.81. The van der Waals surface area contributed by atoms with Crippen LogP contribution in [0.25, 0.3) is 0 Å². The SMILES string of the molecule is O=C(CSc1nnc(C2CCCCC2)o1)NNC(=O)c1ccc(F)cc1. The second-order valence-electron chi connectivity index (χ2n) is 6.04. The predicted molar refractivity (Wildman–Crippen MR) is 92.9 cm³/mol. The number of hydrogen-bond donors (Lipinski definition) is 2. The molecule has 0 saturated heterocycles. The molecule has 9 heteroatoms. The lowest BCUT2D eigenvalue weighted by atomic mass is 9.89. The Bertz CT molecular complexity index is 760. The van der Waals surface area contributed by atoms with E-state index in [0.717, 1.165) is 24.6 Å². The van der Waals surface area contributed by atoms with Crippen LogP contribution < -0.4 is 10.9 Å². The van der Waals surface area contributed by atoms with Crippen molar-refractivity contribution < 1.29 is 18.4 Å². The summed E-state index contributed by atoms with van der Waals surface area (Å²) in [6.07, 6.45) is 5.71. The van der Waals surface area contributed by atoms with E-state index in [1.165, 1.54) is 43.5 Å². The van der Waals surface area contributed by atoms with Gasteiger partial charge >= 0.3 is 0 Å². The summed E-state index contributed by atoms with van der Waals surface area (Å²) in [5, 5.41) is 8.37. The van der Waals surface area contributed by atoms with Gasteiger partial charge in [0.1, 0.15) is 5.82 Å². The number of aromatic nitrogens is 2. The van der Waals surface area contributed by atoms with Crippen LogP contribution in [0, 0.1) is 5.82 Å². The summed E-state index contributed by atoms with van der Waals surface area (Å²) in [6, 6.07) is 5.01. The van der Waals surface area contributed by atoms with Crippen LogP contribution in [0.5, 0.6) is 0 Å². The van der Waals surface area contributed by atoms with Crippen molar-refractivity contribution in [3.63, 3.8) is 0 Å². The molecule has 2 N–H and O–H groups in total. The van der Waals surface area contributed by atoms with E-state index in [1.54, 1.807) is 0 Å². The maximum atomic E-state index is 12.8. The second kappa shape index (κ2) is 8.79. The zero-order valence-electron chi connectivity index (χ0n) is 14.0. The number of halogens is 1. The number of nitrogens with zero attached hydrogens (tertiary/aromatic N) is 2. The highest BCUT2D eigenvalue weighted by atomic mass is 32.2. The molecule has 0 spiro atoms. The fourth-order valence-electron chi connectivity index (χ4n) is 2.76. The lowest BCUT2D eigenvalue weighted by Gasteiger charge is -2.17. The Hall–Kier alpha value is -2.42. The molecular formula is C17H19FN4O3S. The highest BCUT2D eigenvalue weighted by molar-refractivity contribution is 7.99. The van der Waals surface area contributed by atoms with Gasteiger partial charge in [0, 0.05) is 11.5 Å². The minimum Gasteiger partial charge on any atom is -0.416 e. The number of benzene rings is 1. The molecule has 3 rings (SSSR count). The first-order chi connectivity index (χ1) is 12.6. The van der Waals surface area contributed by atoms with Gasteiger partial charge in [-0.05, 0) is 37.1 Å². The molecule has 2 amide bonds. The molecule has 1 aromatic carbocycles. The molecule has 0 aliphatic heterocycles. The van der Waals surface area contributed by atoms with E-state index in [2.05, 4.69) is 21.0 Å². The third kappa shape index (κ3) is 5.04. The summed E-state index contributed by atoms with van der Waals surface area (Å²) in [5.41, 5.74) is 4.81. The smallest absolute Gasteiger partial charge is 0.277 e. The number of rotatable bonds is 5. The standard InChI is InChI=1S/C17H19FN4O3S/c18-13-8-6-11(7-9-13)15(24)20-19-14(23)10-26-17-22-21-16(25-17)12-4-2-1-3-5-12/h6-9,12H,1-5,10H2,(H,19,23)(H,20,24). The highest BCUT2D eigenvalue weighted by Crippen LogP contribution is 2.32. The van der Waals surface area contributed by atoms with Crippen LogP contribution in [0.3, 0.4) is 0 Å². The minimum absolute atomic E-state index is 0.0238. The van der Waals surface area contributed by atoms with Crippen molar-refractivity contribution in [1.29, 1.82) is 0 Å². The molecule has 0 atom stereocenters. The molecule has 1 aliphatic rings. The summed E-state index contributed by atoms with van der Waals surface area (Å²) in [5.74, 6) is -0.403. The molecule has 7 nitrogen and oxygen atoms in total. The van der Waals surface area contributed by atoms with E-state index in [-0.39, 0.29) is 11.3 Å². The molecule has 1 saturated carbocycles. The zero-order valence-corrected chi connectivity index (χ0v) is 14.9. The number of hydrogen-bond acceptors (Lipinski definition) is 6. The van der Waals surface area contributed by atoms with Crippen molar-refractivity contribution in [3.8, 4) is 0 Å². The van der Waals surface area contributed by atoms with Gasteiger partial charge < -0.3 is 4.42 Å². The highest BCUT2D eigenvalue weighted by Gasteiger charge is 2.21. The number of nitrogens with one attached hydrogen (secondary N) is 2. The number of carbonyl (C=O) groups is 2.